The Bertz CT molecular complexity index is 604. The quantitative estimate of drug-likeness (QED) is 0.192. The monoisotopic (exact) mass is 518 g/mol. The van der Waals surface area contributed by atoms with Crippen molar-refractivity contribution in [3.63, 3.8) is 0 Å². The first kappa shape index (κ1) is 25.6. The molecule has 1 fully saturated rings. The summed E-state index contributed by atoms with van der Waals surface area (Å²) >= 11 is 0. The first-order valence-corrected chi connectivity index (χ1v) is 10.2. The molecule has 164 valence electrons. The fourth-order valence-electron chi connectivity index (χ4n) is 2.99. The Kier molecular flexibility index (Phi) is 13.7. The van der Waals surface area contributed by atoms with Crippen molar-refractivity contribution in [1.29, 1.82) is 0 Å². The SMILES string of the molecule is CCNC(=O)c1ccc(CNC(=NC)NCCCOCC2CCOCC2)cc1.I. The van der Waals surface area contributed by atoms with E-state index in [2.05, 4.69) is 20.9 Å². The van der Waals surface area contributed by atoms with Crippen LogP contribution in [0.4, 0.5) is 0 Å². The van der Waals surface area contributed by atoms with E-state index < -0.39 is 0 Å². The molecule has 1 aromatic rings. The van der Waals surface area contributed by atoms with Crippen LogP contribution in [0.5, 0.6) is 0 Å². The highest BCUT2D eigenvalue weighted by Crippen LogP contribution is 2.14. The average Bonchev–Trinajstić information content (AvgIpc) is 2.74. The van der Waals surface area contributed by atoms with E-state index in [1.54, 1.807) is 7.05 Å². The highest BCUT2D eigenvalue weighted by molar-refractivity contribution is 14.0. The van der Waals surface area contributed by atoms with Crippen LogP contribution in [-0.2, 0) is 16.0 Å². The van der Waals surface area contributed by atoms with Crippen molar-refractivity contribution >= 4 is 35.8 Å². The van der Waals surface area contributed by atoms with E-state index in [4.69, 9.17) is 9.47 Å². The molecule has 0 bridgehead atoms. The zero-order chi connectivity index (χ0) is 20.0. The molecule has 0 radical (unpaired) electrons. The van der Waals surface area contributed by atoms with Gasteiger partial charge in [-0.15, -0.1) is 24.0 Å². The molecule has 0 atom stereocenters. The molecule has 7 nitrogen and oxygen atoms in total. The molecule has 1 aromatic carbocycles. The third-order valence-corrected chi connectivity index (χ3v) is 4.69. The minimum absolute atomic E-state index is 0. The molecule has 0 spiro atoms. The van der Waals surface area contributed by atoms with E-state index in [9.17, 15) is 4.79 Å². The van der Waals surface area contributed by atoms with Gasteiger partial charge in [0, 0.05) is 58.7 Å². The number of hydrogen-bond donors (Lipinski definition) is 3. The number of halogens is 1. The largest absolute Gasteiger partial charge is 0.381 e. The molecule has 0 unspecified atom stereocenters. The average molecular weight is 518 g/mol. The van der Waals surface area contributed by atoms with Crippen molar-refractivity contribution in [2.75, 3.05) is 46.6 Å². The normalized spacial score (nSPS) is 14.8. The summed E-state index contributed by atoms with van der Waals surface area (Å²) in [6.07, 6.45) is 3.16. The molecule has 1 heterocycles. The number of aliphatic imine (C=N–C) groups is 1. The summed E-state index contributed by atoms with van der Waals surface area (Å²) in [5, 5.41) is 9.38. The summed E-state index contributed by atoms with van der Waals surface area (Å²) in [5.41, 5.74) is 1.77. The van der Waals surface area contributed by atoms with Gasteiger partial charge in [-0.25, -0.2) is 0 Å². The fourth-order valence-corrected chi connectivity index (χ4v) is 2.99. The summed E-state index contributed by atoms with van der Waals surface area (Å²) in [7, 11) is 1.76. The summed E-state index contributed by atoms with van der Waals surface area (Å²) in [6, 6.07) is 7.59. The van der Waals surface area contributed by atoms with E-state index in [1.807, 2.05) is 31.2 Å². The second kappa shape index (κ2) is 15.4. The minimum Gasteiger partial charge on any atom is -0.381 e. The van der Waals surface area contributed by atoms with Gasteiger partial charge in [0.2, 0.25) is 0 Å². The number of benzene rings is 1. The van der Waals surface area contributed by atoms with E-state index in [0.29, 0.717) is 24.6 Å². The van der Waals surface area contributed by atoms with Gasteiger partial charge in [-0.1, -0.05) is 12.1 Å². The van der Waals surface area contributed by atoms with Crippen LogP contribution < -0.4 is 16.0 Å². The van der Waals surface area contributed by atoms with Crippen LogP contribution in [0.2, 0.25) is 0 Å². The van der Waals surface area contributed by atoms with Crippen LogP contribution in [0.3, 0.4) is 0 Å². The topological polar surface area (TPSA) is 84.0 Å². The lowest BCUT2D eigenvalue weighted by Crippen LogP contribution is -2.37. The molecule has 1 aliphatic rings. The second-order valence-corrected chi connectivity index (χ2v) is 6.89. The number of nitrogens with one attached hydrogen (secondary N) is 3. The van der Waals surface area contributed by atoms with E-state index in [1.165, 1.54) is 0 Å². The number of rotatable bonds is 10. The van der Waals surface area contributed by atoms with Crippen molar-refractivity contribution in [2.24, 2.45) is 10.9 Å². The predicted molar refractivity (Wildman–Crippen MR) is 127 cm³/mol. The summed E-state index contributed by atoms with van der Waals surface area (Å²) in [4.78, 5) is 16.0. The minimum atomic E-state index is -0.0430. The summed E-state index contributed by atoms with van der Waals surface area (Å²) in [6.45, 7) is 7.32. The van der Waals surface area contributed by atoms with Crippen LogP contribution >= 0.6 is 24.0 Å². The van der Waals surface area contributed by atoms with Crippen LogP contribution in [0.25, 0.3) is 0 Å². The maximum Gasteiger partial charge on any atom is 0.251 e. The van der Waals surface area contributed by atoms with Gasteiger partial charge in [0.05, 0.1) is 0 Å². The molecule has 1 saturated heterocycles. The predicted octanol–water partition coefficient (Wildman–Crippen LogP) is 2.55. The molecule has 8 heteroatoms. The van der Waals surface area contributed by atoms with Crippen molar-refractivity contribution in [2.45, 2.75) is 32.7 Å². The maximum atomic E-state index is 11.8. The standard InChI is InChI=1S/C21H34N4O3.HI/c1-3-23-20(26)19-7-5-17(6-8-19)15-25-21(22-2)24-11-4-12-28-16-18-9-13-27-14-10-18;/h5-8,18H,3-4,9-16H2,1-2H3,(H,23,26)(H2,22,24,25);1H. The maximum absolute atomic E-state index is 11.8. The first-order valence-electron chi connectivity index (χ1n) is 10.2. The number of carbonyl (C=O) groups is 1. The lowest BCUT2D eigenvalue weighted by Gasteiger charge is -2.21. The Morgan fingerprint density at radius 2 is 1.90 bits per heavy atom. The van der Waals surface area contributed by atoms with Gasteiger partial charge in [-0.3, -0.25) is 9.79 Å². The molecule has 1 aliphatic heterocycles. The molecule has 3 N–H and O–H groups in total. The Morgan fingerprint density at radius 3 is 2.55 bits per heavy atom. The number of carbonyl (C=O) groups excluding carboxylic acids is 1. The molecule has 2 rings (SSSR count). The Balaban J connectivity index is 0.00000420. The van der Waals surface area contributed by atoms with Gasteiger partial charge in [0.15, 0.2) is 5.96 Å². The lowest BCUT2D eigenvalue weighted by atomic mass is 10.0. The number of amides is 1. The molecule has 0 aromatic heterocycles. The zero-order valence-corrected chi connectivity index (χ0v) is 19.9. The van der Waals surface area contributed by atoms with E-state index in [0.717, 1.165) is 63.8 Å². The van der Waals surface area contributed by atoms with Gasteiger partial charge in [0.25, 0.3) is 5.91 Å². The first-order chi connectivity index (χ1) is 13.7. The Labute approximate surface area is 191 Å². The van der Waals surface area contributed by atoms with Crippen LogP contribution in [0, 0.1) is 5.92 Å². The smallest absolute Gasteiger partial charge is 0.251 e. The van der Waals surface area contributed by atoms with Crippen LogP contribution in [0.1, 0.15) is 42.1 Å². The third-order valence-electron chi connectivity index (χ3n) is 4.69. The fraction of sp³-hybridized carbons (Fsp3) is 0.619. The van der Waals surface area contributed by atoms with Gasteiger partial charge >= 0.3 is 0 Å². The Morgan fingerprint density at radius 1 is 1.17 bits per heavy atom. The van der Waals surface area contributed by atoms with E-state index in [-0.39, 0.29) is 29.9 Å². The van der Waals surface area contributed by atoms with Crippen LogP contribution in [0.15, 0.2) is 29.3 Å². The number of nitrogens with zero attached hydrogens (tertiary/aromatic N) is 1. The van der Waals surface area contributed by atoms with Crippen molar-refractivity contribution in [3.05, 3.63) is 35.4 Å². The highest BCUT2D eigenvalue weighted by atomic mass is 127. The molecule has 0 saturated carbocycles. The summed E-state index contributed by atoms with van der Waals surface area (Å²) < 4.78 is 11.1. The van der Waals surface area contributed by atoms with Crippen LogP contribution in [-0.4, -0.2) is 58.4 Å². The van der Waals surface area contributed by atoms with Gasteiger partial charge in [-0.2, -0.15) is 0 Å². The summed E-state index contributed by atoms with van der Waals surface area (Å²) in [5.74, 6) is 1.37. The van der Waals surface area contributed by atoms with Crippen molar-refractivity contribution < 1.29 is 14.3 Å². The lowest BCUT2D eigenvalue weighted by molar-refractivity contribution is 0.0203. The Hall–Kier alpha value is -1.39. The van der Waals surface area contributed by atoms with Gasteiger partial charge in [-0.05, 0) is 49.8 Å². The third kappa shape index (κ3) is 10.3. The highest BCUT2D eigenvalue weighted by Gasteiger charge is 2.13. The molecule has 0 aliphatic carbocycles. The molecule has 1 amide bonds. The molecular formula is C21H35IN4O3. The number of guanidine groups is 1. The zero-order valence-electron chi connectivity index (χ0n) is 17.5. The molecular weight excluding hydrogens is 483 g/mol. The van der Waals surface area contributed by atoms with Crippen molar-refractivity contribution in [3.8, 4) is 0 Å². The van der Waals surface area contributed by atoms with Gasteiger partial charge < -0.3 is 25.4 Å². The van der Waals surface area contributed by atoms with Gasteiger partial charge in [0.1, 0.15) is 0 Å². The van der Waals surface area contributed by atoms with E-state index >= 15 is 0 Å². The van der Waals surface area contributed by atoms with Crippen molar-refractivity contribution in [1.82, 2.24) is 16.0 Å². The second-order valence-electron chi connectivity index (χ2n) is 6.89. The number of hydrogen-bond acceptors (Lipinski definition) is 4. The molecule has 29 heavy (non-hydrogen) atoms. The number of ether oxygens (including phenoxy) is 2.